The van der Waals surface area contributed by atoms with E-state index in [1.54, 1.807) is 18.4 Å². The molecule has 1 atom stereocenters. The van der Waals surface area contributed by atoms with Crippen LogP contribution in [0.1, 0.15) is 25.5 Å². The summed E-state index contributed by atoms with van der Waals surface area (Å²) in [5.41, 5.74) is 8.62. The van der Waals surface area contributed by atoms with E-state index in [1.807, 2.05) is 25.1 Å². The van der Waals surface area contributed by atoms with E-state index in [4.69, 9.17) is 10.5 Å². The Morgan fingerprint density at radius 1 is 1.56 bits per heavy atom. The molecule has 5 nitrogen and oxygen atoms in total. The number of rotatable bonds is 3. The van der Waals surface area contributed by atoms with E-state index < -0.39 is 6.04 Å². The van der Waals surface area contributed by atoms with Gasteiger partial charge in [-0.15, -0.1) is 0 Å². The largest absolute Gasteiger partial charge is 0.464 e. The second-order valence-corrected chi connectivity index (χ2v) is 4.21. The summed E-state index contributed by atoms with van der Waals surface area (Å²) in [5, 5.41) is 0. The van der Waals surface area contributed by atoms with Crippen LogP contribution in [0.2, 0.25) is 0 Å². The molecule has 0 amide bonds. The summed E-state index contributed by atoms with van der Waals surface area (Å²) in [7, 11) is 0. The number of imidazole rings is 1. The maximum Gasteiger partial charge on any atom is 0.328 e. The highest BCUT2D eigenvalue weighted by molar-refractivity contribution is 5.84. The Hall–Kier alpha value is -2.04. The van der Waals surface area contributed by atoms with Crippen LogP contribution >= 0.6 is 0 Å². The summed E-state index contributed by atoms with van der Waals surface area (Å²) in [5.74, 6) is 0.0323. The molecule has 2 N–H and O–H groups in total. The van der Waals surface area contributed by atoms with Gasteiger partial charge in [-0.3, -0.25) is 4.57 Å². The lowest BCUT2D eigenvalue weighted by Crippen LogP contribution is -2.20. The number of benzene rings is 1. The number of nitrogens with two attached hydrogens (primary N) is 1. The molecule has 1 heterocycles. The van der Waals surface area contributed by atoms with Crippen LogP contribution in [0.5, 0.6) is 0 Å². The summed E-state index contributed by atoms with van der Waals surface area (Å²) in [6.07, 6.45) is 0. The highest BCUT2D eigenvalue weighted by Gasteiger charge is 2.21. The van der Waals surface area contributed by atoms with Gasteiger partial charge in [-0.2, -0.15) is 0 Å². The van der Waals surface area contributed by atoms with Crippen LogP contribution in [0.25, 0.3) is 11.0 Å². The fourth-order valence-electron chi connectivity index (χ4n) is 2.05. The van der Waals surface area contributed by atoms with Crippen LogP contribution in [-0.2, 0) is 9.53 Å². The van der Waals surface area contributed by atoms with Gasteiger partial charge < -0.3 is 10.5 Å². The number of nitrogens with zero attached hydrogens (tertiary/aromatic N) is 2. The molecular weight excluding hydrogens is 230 g/mol. The minimum absolute atomic E-state index is 0.301. The Bertz CT molecular complexity index is 589. The van der Waals surface area contributed by atoms with Crippen molar-refractivity contribution in [3.63, 3.8) is 0 Å². The molecule has 2 rings (SSSR count). The first-order valence-electron chi connectivity index (χ1n) is 5.96. The highest BCUT2D eigenvalue weighted by Crippen LogP contribution is 2.25. The van der Waals surface area contributed by atoms with Gasteiger partial charge in [0.2, 0.25) is 5.95 Å². The Morgan fingerprint density at radius 3 is 2.94 bits per heavy atom. The number of ether oxygens (including phenoxy) is 1. The average Bonchev–Trinajstić information content (AvgIpc) is 2.66. The summed E-state index contributed by atoms with van der Waals surface area (Å²) in [6, 6.07) is 5.32. The van der Waals surface area contributed by atoms with Gasteiger partial charge in [-0.1, -0.05) is 12.1 Å². The molecule has 0 bridgehead atoms. The van der Waals surface area contributed by atoms with Crippen molar-refractivity contribution in [3.8, 4) is 0 Å². The molecule has 0 radical (unpaired) electrons. The van der Waals surface area contributed by atoms with Crippen molar-refractivity contribution in [2.75, 3.05) is 12.3 Å². The van der Waals surface area contributed by atoms with Crippen LogP contribution in [-0.4, -0.2) is 22.1 Å². The zero-order valence-corrected chi connectivity index (χ0v) is 10.8. The number of fused-ring (bicyclic) bond motifs is 1. The number of aryl methyl sites for hydroxylation is 1. The molecule has 0 saturated heterocycles. The molecule has 18 heavy (non-hydrogen) atoms. The standard InChI is InChI=1S/C13H17N3O2/c1-4-18-12(17)9(3)16-10-7-5-6-8(2)11(10)15-13(16)14/h5-7,9H,4H2,1-3H3,(H2,14,15). The van der Waals surface area contributed by atoms with Crippen LogP contribution < -0.4 is 5.73 Å². The Labute approximate surface area is 106 Å². The lowest BCUT2D eigenvalue weighted by atomic mass is 10.2. The Balaban J connectivity index is 2.54. The molecule has 1 aromatic carbocycles. The van der Waals surface area contributed by atoms with Gasteiger partial charge in [0.25, 0.3) is 0 Å². The number of carbonyl (C=O) groups is 1. The zero-order valence-electron chi connectivity index (χ0n) is 10.8. The van der Waals surface area contributed by atoms with E-state index in [2.05, 4.69) is 4.98 Å². The van der Waals surface area contributed by atoms with Gasteiger partial charge in [0.15, 0.2) is 0 Å². The molecule has 5 heteroatoms. The third kappa shape index (κ3) is 1.92. The van der Waals surface area contributed by atoms with Crippen molar-refractivity contribution in [1.29, 1.82) is 0 Å². The van der Waals surface area contributed by atoms with Crippen molar-refractivity contribution < 1.29 is 9.53 Å². The molecule has 0 saturated carbocycles. The molecule has 0 spiro atoms. The second kappa shape index (κ2) is 4.68. The molecule has 2 aromatic rings. The lowest BCUT2D eigenvalue weighted by molar-refractivity contribution is -0.146. The van der Waals surface area contributed by atoms with E-state index in [1.165, 1.54) is 0 Å². The Morgan fingerprint density at radius 2 is 2.28 bits per heavy atom. The first kappa shape index (κ1) is 12.4. The van der Waals surface area contributed by atoms with E-state index in [9.17, 15) is 4.79 Å². The molecule has 0 aliphatic rings. The third-order valence-electron chi connectivity index (χ3n) is 2.96. The predicted octanol–water partition coefficient (Wildman–Crippen LogP) is 2.05. The van der Waals surface area contributed by atoms with Crippen LogP contribution in [0.15, 0.2) is 18.2 Å². The summed E-state index contributed by atoms with van der Waals surface area (Å²) in [6.45, 7) is 5.87. The van der Waals surface area contributed by atoms with E-state index in [-0.39, 0.29) is 5.97 Å². The maximum absolute atomic E-state index is 11.8. The molecule has 0 aliphatic heterocycles. The fourth-order valence-corrected chi connectivity index (χ4v) is 2.05. The molecule has 1 aromatic heterocycles. The predicted molar refractivity (Wildman–Crippen MR) is 70.2 cm³/mol. The fraction of sp³-hybridized carbons (Fsp3) is 0.385. The van der Waals surface area contributed by atoms with E-state index in [0.717, 1.165) is 16.6 Å². The monoisotopic (exact) mass is 247 g/mol. The molecule has 0 fully saturated rings. The van der Waals surface area contributed by atoms with Gasteiger partial charge in [-0.05, 0) is 32.4 Å². The third-order valence-corrected chi connectivity index (χ3v) is 2.96. The number of anilines is 1. The van der Waals surface area contributed by atoms with E-state index in [0.29, 0.717) is 12.6 Å². The number of esters is 1. The minimum Gasteiger partial charge on any atom is -0.464 e. The molecule has 96 valence electrons. The SMILES string of the molecule is CCOC(=O)C(C)n1c(N)nc2c(C)cccc21. The average molecular weight is 247 g/mol. The summed E-state index contributed by atoms with van der Waals surface area (Å²) < 4.78 is 6.73. The number of hydrogen-bond acceptors (Lipinski definition) is 4. The van der Waals surface area contributed by atoms with Crippen molar-refractivity contribution in [3.05, 3.63) is 23.8 Å². The minimum atomic E-state index is -0.475. The number of aromatic nitrogens is 2. The summed E-state index contributed by atoms with van der Waals surface area (Å²) >= 11 is 0. The van der Waals surface area contributed by atoms with Gasteiger partial charge in [0.1, 0.15) is 6.04 Å². The van der Waals surface area contributed by atoms with Crippen LogP contribution in [0.4, 0.5) is 5.95 Å². The normalized spacial score (nSPS) is 12.6. The smallest absolute Gasteiger partial charge is 0.328 e. The Kier molecular flexibility index (Phi) is 3.23. The van der Waals surface area contributed by atoms with E-state index >= 15 is 0 Å². The van der Waals surface area contributed by atoms with Gasteiger partial charge >= 0.3 is 5.97 Å². The van der Waals surface area contributed by atoms with Crippen molar-refractivity contribution in [1.82, 2.24) is 9.55 Å². The quantitative estimate of drug-likeness (QED) is 0.843. The molecule has 0 aliphatic carbocycles. The van der Waals surface area contributed by atoms with Gasteiger partial charge in [0.05, 0.1) is 17.6 Å². The van der Waals surface area contributed by atoms with Crippen LogP contribution in [0.3, 0.4) is 0 Å². The lowest BCUT2D eigenvalue weighted by Gasteiger charge is -2.14. The summed E-state index contributed by atoms with van der Waals surface area (Å²) in [4.78, 5) is 16.1. The first-order chi connectivity index (χ1) is 8.56. The topological polar surface area (TPSA) is 70.1 Å². The highest BCUT2D eigenvalue weighted by atomic mass is 16.5. The maximum atomic E-state index is 11.8. The molecular formula is C13H17N3O2. The number of nitrogen functional groups attached to an aromatic ring is 1. The zero-order chi connectivity index (χ0) is 13.3. The number of para-hydroxylation sites is 1. The second-order valence-electron chi connectivity index (χ2n) is 4.21. The number of hydrogen-bond donors (Lipinski definition) is 1. The van der Waals surface area contributed by atoms with Crippen LogP contribution in [0, 0.1) is 6.92 Å². The van der Waals surface area contributed by atoms with Gasteiger partial charge in [0, 0.05) is 0 Å². The first-order valence-corrected chi connectivity index (χ1v) is 5.96. The van der Waals surface area contributed by atoms with Crippen molar-refractivity contribution >= 4 is 23.0 Å². The van der Waals surface area contributed by atoms with Crippen molar-refractivity contribution in [2.24, 2.45) is 0 Å². The van der Waals surface area contributed by atoms with Gasteiger partial charge in [-0.25, -0.2) is 9.78 Å². The van der Waals surface area contributed by atoms with Crippen molar-refractivity contribution in [2.45, 2.75) is 26.8 Å². The molecule has 1 unspecified atom stereocenters. The number of carbonyl (C=O) groups excluding carboxylic acids is 1.